The molecule has 4 heterocycles. The molecule has 5 rings (SSSR count). The number of thiophene rings is 1. The molecule has 1 aromatic carbocycles. The second kappa shape index (κ2) is 8.58. The first-order valence-electron chi connectivity index (χ1n) is 11.0. The van der Waals surface area contributed by atoms with Crippen molar-refractivity contribution < 1.29 is 13.2 Å². The molecule has 172 valence electrons. The molecule has 9 heteroatoms. The van der Waals surface area contributed by atoms with Crippen molar-refractivity contribution in [1.82, 2.24) is 14.9 Å². The van der Waals surface area contributed by atoms with Gasteiger partial charge in [-0.05, 0) is 36.6 Å². The van der Waals surface area contributed by atoms with Crippen LogP contribution in [-0.4, -0.2) is 47.2 Å². The van der Waals surface area contributed by atoms with E-state index in [1.807, 2.05) is 12.1 Å². The van der Waals surface area contributed by atoms with Crippen LogP contribution in [-0.2, 0) is 19.4 Å². The zero-order valence-corrected chi connectivity index (χ0v) is 18.9. The van der Waals surface area contributed by atoms with Crippen molar-refractivity contribution in [3.63, 3.8) is 0 Å². The minimum Gasteiger partial charge on any atom is -0.355 e. The Morgan fingerprint density at radius 2 is 1.91 bits per heavy atom. The van der Waals surface area contributed by atoms with Gasteiger partial charge in [0.2, 0.25) is 0 Å². The molecule has 2 fully saturated rings. The number of nitriles is 1. The average molecular weight is 472 g/mol. The van der Waals surface area contributed by atoms with Crippen LogP contribution in [0.1, 0.15) is 28.8 Å². The second-order valence-corrected chi connectivity index (χ2v) is 10.3. The predicted octanol–water partition coefficient (Wildman–Crippen LogP) is 4.96. The lowest BCUT2D eigenvalue weighted by atomic mass is 9.86. The standard InChI is InChI=1S/C24H24F3N5S/c25-24(26,27)12-19-11-20-21(29-16-30-22(20)33-19)32-9-6-23(15-32)5-8-31(14-23)13-18-3-1-2-17(10-18)4-7-28/h1-3,10-11,16H,4-6,8-9,12-15H2. The van der Waals surface area contributed by atoms with Gasteiger partial charge < -0.3 is 4.90 Å². The van der Waals surface area contributed by atoms with E-state index < -0.39 is 12.6 Å². The van der Waals surface area contributed by atoms with Crippen LogP contribution in [0, 0.1) is 16.7 Å². The van der Waals surface area contributed by atoms with Gasteiger partial charge in [-0.15, -0.1) is 11.3 Å². The number of alkyl halides is 3. The summed E-state index contributed by atoms with van der Waals surface area (Å²) < 4.78 is 38.6. The normalized spacial score (nSPS) is 21.3. The van der Waals surface area contributed by atoms with Crippen LogP contribution >= 0.6 is 11.3 Å². The Bertz CT molecular complexity index is 1200. The number of likely N-dealkylation sites (tertiary alicyclic amines) is 1. The lowest BCUT2D eigenvalue weighted by Crippen LogP contribution is -2.31. The molecule has 2 aromatic heterocycles. The summed E-state index contributed by atoms with van der Waals surface area (Å²) in [7, 11) is 0. The van der Waals surface area contributed by atoms with Crippen LogP contribution in [0.3, 0.4) is 0 Å². The molecule has 3 aromatic rings. The van der Waals surface area contributed by atoms with Gasteiger partial charge in [-0.3, -0.25) is 4.90 Å². The maximum Gasteiger partial charge on any atom is 0.393 e. The molecular formula is C24H24F3N5S. The second-order valence-electron chi connectivity index (χ2n) is 9.21. The quantitative estimate of drug-likeness (QED) is 0.526. The molecule has 1 atom stereocenters. The lowest BCUT2D eigenvalue weighted by molar-refractivity contribution is -0.126. The Labute approximate surface area is 194 Å². The highest BCUT2D eigenvalue weighted by atomic mass is 32.1. The van der Waals surface area contributed by atoms with Gasteiger partial charge in [0.25, 0.3) is 0 Å². The van der Waals surface area contributed by atoms with Gasteiger partial charge in [0, 0.05) is 36.5 Å². The molecule has 2 aliphatic rings. The van der Waals surface area contributed by atoms with E-state index in [4.69, 9.17) is 5.26 Å². The molecule has 0 bridgehead atoms. The molecule has 0 radical (unpaired) electrons. The van der Waals surface area contributed by atoms with Crippen LogP contribution in [0.15, 0.2) is 36.7 Å². The van der Waals surface area contributed by atoms with E-state index >= 15 is 0 Å². The molecule has 1 unspecified atom stereocenters. The molecule has 2 saturated heterocycles. The van der Waals surface area contributed by atoms with E-state index in [2.05, 4.69) is 38.0 Å². The smallest absolute Gasteiger partial charge is 0.355 e. The van der Waals surface area contributed by atoms with Crippen LogP contribution in [0.4, 0.5) is 19.0 Å². The maximum absolute atomic E-state index is 12.9. The summed E-state index contributed by atoms with van der Waals surface area (Å²) in [4.78, 5) is 14.3. The van der Waals surface area contributed by atoms with Gasteiger partial charge >= 0.3 is 6.18 Å². The van der Waals surface area contributed by atoms with Gasteiger partial charge in [-0.1, -0.05) is 24.3 Å². The Morgan fingerprint density at radius 3 is 2.73 bits per heavy atom. The molecule has 5 nitrogen and oxygen atoms in total. The van der Waals surface area contributed by atoms with Crippen molar-refractivity contribution >= 4 is 27.4 Å². The molecule has 33 heavy (non-hydrogen) atoms. The third-order valence-corrected chi connectivity index (χ3v) is 7.71. The summed E-state index contributed by atoms with van der Waals surface area (Å²) in [6.07, 6.45) is -1.13. The predicted molar refractivity (Wildman–Crippen MR) is 122 cm³/mol. The fourth-order valence-corrected chi connectivity index (χ4v) is 6.25. The summed E-state index contributed by atoms with van der Waals surface area (Å²) in [5.41, 5.74) is 2.44. The largest absolute Gasteiger partial charge is 0.393 e. The van der Waals surface area contributed by atoms with Crippen LogP contribution in [0.25, 0.3) is 10.2 Å². The highest BCUT2D eigenvalue weighted by Gasteiger charge is 2.44. The first kappa shape index (κ1) is 22.1. The van der Waals surface area contributed by atoms with Gasteiger partial charge in [0.15, 0.2) is 0 Å². The third-order valence-electron chi connectivity index (χ3n) is 6.67. The summed E-state index contributed by atoms with van der Waals surface area (Å²) in [5.74, 6) is 0.754. The molecule has 0 amide bonds. The number of benzene rings is 1. The lowest BCUT2D eigenvalue weighted by Gasteiger charge is -2.25. The van der Waals surface area contributed by atoms with E-state index in [-0.39, 0.29) is 10.3 Å². The zero-order valence-electron chi connectivity index (χ0n) is 18.1. The highest BCUT2D eigenvalue weighted by molar-refractivity contribution is 7.18. The maximum atomic E-state index is 12.9. The number of anilines is 1. The molecular weight excluding hydrogens is 447 g/mol. The van der Waals surface area contributed by atoms with E-state index in [0.29, 0.717) is 11.3 Å². The third kappa shape index (κ3) is 4.82. The topological polar surface area (TPSA) is 56.1 Å². The summed E-state index contributed by atoms with van der Waals surface area (Å²) >= 11 is 1.10. The molecule has 0 saturated carbocycles. The number of halogens is 3. The van der Waals surface area contributed by atoms with E-state index in [9.17, 15) is 13.2 Å². The minimum absolute atomic E-state index is 0.173. The van der Waals surface area contributed by atoms with Crippen LogP contribution in [0.2, 0.25) is 0 Å². The number of hydrogen-bond donors (Lipinski definition) is 0. The zero-order chi connectivity index (χ0) is 23.1. The van der Waals surface area contributed by atoms with Crippen molar-refractivity contribution in [2.75, 3.05) is 31.1 Å². The van der Waals surface area contributed by atoms with E-state index in [1.165, 1.54) is 11.9 Å². The molecule has 0 N–H and O–H groups in total. The van der Waals surface area contributed by atoms with Crippen LogP contribution in [0.5, 0.6) is 0 Å². The Balaban J connectivity index is 1.28. The number of hydrogen-bond acceptors (Lipinski definition) is 6. The van der Waals surface area contributed by atoms with Crippen molar-refractivity contribution in [3.8, 4) is 6.07 Å². The van der Waals surface area contributed by atoms with Crippen molar-refractivity contribution in [1.29, 1.82) is 5.26 Å². The monoisotopic (exact) mass is 471 g/mol. The van der Waals surface area contributed by atoms with Crippen molar-refractivity contribution in [3.05, 3.63) is 52.7 Å². The molecule has 0 aliphatic carbocycles. The van der Waals surface area contributed by atoms with Crippen molar-refractivity contribution in [2.45, 2.75) is 38.4 Å². The Morgan fingerprint density at radius 1 is 1.09 bits per heavy atom. The van der Waals surface area contributed by atoms with Crippen LogP contribution < -0.4 is 4.90 Å². The number of rotatable bonds is 5. The Hall–Kier alpha value is -2.70. The van der Waals surface area contributed by atoms with Crippen molar-refractivity contribution in [2.24, 2.45) is 5.41 Å². The number of fused-ring (bicyclic) bond motifs is 1. The molecule has 2 aliphatic heterocycles. The van der Waals surface area contributed by atoms with Gasteiger partial charge in [0.1, 0.15) is 17.0 Å². The first-order chi connectivity index (χ1) is 15.8. The van der Waals surface area contributed by atoms with Gasteiger partial charge in [-0.25, -0.2) is 9.97 Å². The Kier molecular flexibility index (Phi) is 5.75. The summed E-state index contributed by atoms with van der Waals surface area (Å²) in [5, 5.41) is 9.67. The number of nitrogens with zero attached hydrogens (tertiary/aromatic N) is 5. The summed E-state index contributed by atoms with van der Waals surface area (Å²) in [6, 6.07) is 12.0. The summed E-state index contributed by atoms with van der Waals surface area (Å²) in [6.45, 7) is 4.58. The first-order valence-corrected chi connectivity index (χ1v) is 11.9. The average Bonchev–Trinajstić information content (AvgIpc) is 3.46. The fraction of sp³-hybridized carbons (Fsp3) is 0.458. The minimum atomic E-state index is -4.23. The molecule has 1 spiro atoms. The SMILES string of the molecule is N#CCc1cccc(CN2CCC3(CCN(c4ncnc5sc(CC(F)(F)F)cc45)C3)C2)c1. The fourth-order valence-electron chi connectivity index (χ4n) is 5.23. The van der Waals surface area contributed by atoms with Gasteiger partial charge in [0.05, 0.1) is 24.3 Å². The highest BCUT2D eigenvalue weighted by Crippen LogP contribution is 2.43. The van der Waals surface area contributed by atoms with Gasteiger partial charge in [-0.2, -0.15) is 18.4 Å². The van der Waals surface area contributed by atoms with E-state index in [0.717, 1.165) is 73.7 Å². The number of aromatic nitrogens is 2. The van der Waals surface area contributed by atoms with E-state index in [1.54, 1.807) is 6.07 Å².